The zero-order valence-corrected chi connectivity index (χ0v) is 19.8. The van der Waals surface area contributed by atoms with Gasteiger partial charge in [-0.1, -0.05) is 11.6 Å². The predicted octanol–water partition coefficient (Wildman–Crippen LogP) is 4.73. The van der Waals surface area contributed by atoms with E-state index >= 15 is 0 Å². The van der Waals surface area contributed by atoms with Crippen LogP contribution in [0.3, 0.4) is 0 Å². The molecular weight excluding hydrogens is 502 g/mol. The van der Waals surface area contributed by atoms with Crippen LogP contribution in [-0.4, -0.2) is 35.5 Å². The number of rotatable bonds is 7. The summed E-state index contributed by atoms with van der Waals surface area (Å²) in [6.07, 6.45) is 4.54. The van der Waals surface area contributed by atoms with E-state index in [9.17, 15) is 17.2 Å². The summed E-state index contributed by atoms with van der Waals surface area (Å²) in [6.45, 7) is 1.63. The maximum absolute atomic E-state index is 14.1. The molecule has 3 heterocycles. The van der Waals surface area contributed by atoms with Crippen LogP contribution in [0, 0.1) is 18.6 Å². The molecule has 0 fully saturated rings. The van der Waals surface area contributed by atoms with Crippen molar-refractivity contribution >= 4 is 38.9 Å². The molecule has 3 aromatic heterocycles. The lowest BCUT2D eigenvalue weighted by Crippen LogP contribution is -2.16. The van der Waals surface area contributed by atoms with E-state index in [2.05, 4.69) is 30.0 Å². The molecule has 0 amide bonds. The van der Waals surface area contributed by atoms with Crippen molar-refractivity contribution in [2.24, 2.45) is 0 Å². The van der Waals surface area contributed by atoms with Gasteiger partial charge in [-0.05, 0) is 48.4 Å². The van der Waals surface area contributed by atoms with Gasteiger partial charge in [-0.2, -0.15) is 4.98 Å². The van der Waals surface area contributed by atoms with Gasteiger partial charge in [0.25, 0.3) is 10.0 Å². The molecule has 0 unspecified atom stereocenters. The molecule has 0 aliphatic heterocycles. The van der Waals surface area contributed by atoms with Crippen LogP contribution >= 0.6 is 11.6 Å². The number of nitrogens with one attached hydrogen (secondary N) is 2. The quantitative estimate of drug-likeness (QED) is 0.337. The van der Waals surface area contributed by atoms with Crippen molar-refractivity contribution in [3.63, 3.8) is 0 Å². The minimum absolute atomic E-state index is 0.0419. The van der Waals surface area contributed by atoms with Crippen LogP contribution in [0.1, 0.15) is 5.56 Å². The number of benzene rings is 1. The standard InChI is InChI=1S/C22H17ClF2N6O3S/c1-12-15(13-5-7-26-19(9-13)29-18-6-8-27-22(30-18)34-2)11-28-21(23)20(12)31-35(32,33)17-4-3-14(24)10-16(17)25/h3-11,31H,1-2H3,(H,26,27,29,30). The number of pyridine rings is 2. The molecule has 0 aliphatic rings. The largest absolute Gasteiger partial charge is 0.467 e. The number of anilines is 3. The summed E-state index contributed by atoms with van der Waals surface area (Å²) in [4.78, 5) is 15.7. The zero-order chi connectivity index (χ0) is 25.2. The Balaban J connectivity index is 1.68. The second kappa shape index (κ2) is 9.76. The Morgan fingerprint density at radius 1 is 1.00 bits per heavy atom. The Morgan fingerprint density at radius 2 is 1.77 bits per heavy atom. The molecule has 0 spiro atoms. The van der Waals surface area contributed by atoms with Crippen molar-refractivity contribution < 1.29 is 21.9 Å². The van der Waals surface area contributed by atoms with Crippen molar-refractivity contribution in [3.05, 3.63) is 77.3 Å². The molecule has 0 aliphatic carbocycles. The van der Waals surface area contributed by atoms with E-state index in [1.807, 2.05) is 0 Å². The van der Waals surface area contributed by atoms with E-state index < -0.39 is 26.6 Å². The Labute approximate surface area is 204 Å². The van der Waals surface area contributed by atoms with Gasteiger partial charge in [-0.3, -0.25) is 4.72 Å². The summed E-state index contributed by atoms with van der Waals surface area (Å²) in [7, 11) is -2.98. The van der Waals surface area contributed by atoms with Gasteiger partial charge in [0.2, 0.25) is 0 Å². The Kier molecular flexibility index (Phi) is 6.76. The molecule has 180 valence electrons. The first-order valence-corrected chi connectivity index (χ1v) is 11.8. The van der Waals surface area contributed by atoms with E-state index in [1.165, 1.54) is 19.5 Å². The van der Waals surface area contributed by atoms with Crippen LogP contribution in [0.15, 0.2) is 59.9 Å². The average molecular weight is 519 g/mol. The predicted molar refractivity (Wildman–Crippen MR) is 126 cm³/mol. The lowest BCUT2D eigenvalue weighted by molar-refractivity contribution is 0.380. The normalized spacial score (nSPS) is 11.2. The van der Waals surface area contributed by atoms with Crippen molar-refractivity contribution in [2.75, 3.05) is 17.1 Å². The number of halogens is 3. The number of nitrogens with zero attached hydrogens (tertiary/aromatic N) is 4. The molecule has 0 radical (unpaired) electrons. The maximum atomic E-state index is 14.1. The van der Waals surface area contributed by atoms with E-state index in [-0.39, 0.29) is 16.9 Å². The monoisotopic (exact) mass is 518 g/mol. The minimum Gasteiger partial charge on any atom is -0.467 e. The molecule has 0 bridgehead atoms. The number of hydrogen-bond donors (Lipinski definition) is 2. The molecule has 13 heteroatoms. The lowest BCUT2D eigenvalue weighted by atomic mass is 10.0. The second-order valence-electron chi connectivity index (χ2n) is 7.13. The van der Waals surface area contributed by atoms with Crippen molar-refractivity contribution in [1.82, 2.24) is 19.9 Å². The van der Waals surface area contributed by atoms with Gasteiger partial charge >= 0.3 is 6.01 Å². The summed E-state index contributed by atoms with van der Waals surface area (Å²) in [6, 6.07) is 7.37. The van der Waals surface area contributed by atoms with Crippen LogP contribution in [0.5, 0.6) is 6.01 Å². The van der Waals surface area contributed by atoms with Crippen LogP contribution in [0.25, 0.3) is 11.1 Å². The van der Waals surface area contributed by atoms with Crippen LogP contribution in [-0.2, 0) is 10.0 Å². The second-order valence-corrected chi connectivity index (χ2v) is 9.14. The van der Waals surface area contributed by atoms with E-state index in [4.69, 9.17) is 16.3 Å². The Bertz CT molecular complexity index is 1520. The molecule has 35 heavy (non-hydrogen) atoms. The van der Waals surface area contributed by atoms with E-state index in [0.717, 1.165) is 12.1 Å². The third kappa shape index (κ3) is 5.28. The fraction of sp³-hybridized carbons (Fsp3) is 0.0909. The highest BCUT2D eigenvalue weighted by Gasteiger charge is 2.23. The molecule has 0 saturated carbocycles. The van der Waals surface area contributed by atoms with Gasteiger partial charge in [0.1, 0.15) is 28.2 Å². The molecule has 4 rings (SSSR count). The average Bonchev–Trinajstić information content (AvgIpc) is 2.82. The zero-order valence-electron chi connectivity index (χ0n) is 18.3. The van der Waals surface area contributed by atoms with Gasteiger partial charge in [-0.25, -0.2) is 32.2 Å². The van der Waals surface area contributed by atoms with E-state index in [1.54, 1.807) is 31.3 Å². The third-order valence-electron chi connectivity index (χ3n) is 4.86. The van der Waals surface area contributed by atoms with Gasteiger partial charge in [-0.15, -0.1) is 0 Å². The number of hydrogen-bond acceptors (Lipinski definition) is 8. The van der Waals surface area contributed by atoms with E-state index in [0.29, 0.717) is 34.4 Å². The third-order valence-corrected chi connectivity index (χ3v) is 6.52. The summed E-state index contributed by atoms with van der Waals surface area (Å²) in [5.74, 6) is -1.25. The maximum Gasteiger partial charge on any atom is 0.318 e. The summed E-state index contributed by atoms with van der Waals surface area (Å²) in [5.41, 5.74) is 1.56. The van der Waals surface area contributed by atoms with Crippen LogP contribution < -0.4 is 14.8 Å². The molecule has 0 saturated heterocycles. The number of methoxy groups -OCH3 is 1. The molecular formula is C22H17ClF2N6O3S. The van der Waals surface area contributed by atoms with Crippen molar-refractivity contribution in [1.29, 1.82) is 0 Å². The van der Waals surface area contributed by atoms with Crippen molar-refractivity contribution in [2.45, 2.75) is 11.8 Å². The Hall–Kier alpha value is -3.90. The molecule has 2 N–H and O–H groups in total. The first kappa shape index (κ1) is 24.2. The number of aromatic nitrogens is 4. The smallest absolute Gasteiger partial charge is 0.318 e. The highest BCUT2D eigenvalue weighted by atomic mass is 35.5. The molecule has 1 aromatic carbocycles. The lowest BCUT2D eigenvalue weighted by Gasteiger charge is -2.16. The van der Waals surface area contributed by atoms with Crippen LogP contribution in [0.4, 0.5) is 26.1 Å². The minimum atomic E-state index is -4.43. The molecule has 4 aromatic rings. The molecule has 0 atom stereocenters. The first-order valence-electron chi connectivity index (χ1n) is 9.91. The Morgan fingerprint density at radius 3 is 2.51 bits per heavy atom. The summed E-state index contributed by atoms with van der Waals surface area (Å²) >= 11 is 6.17. The van der Waals surface area contributed by atoms with Gasteiger partial charge in [0.05, 0.1) is 12.8 Å². The number of ether oxygens (including phenoxy) is 1. The fourth-order valence-electron chi connectivity index (χ4n) is 3.17. The highest BCUT2D eigenvalue weighted by Crippen LogP contribution is 2.34. The van der Waals surface area contributed by atoms with Gasteiger partial charge < -0.3 is 10.1 Å². The van der Waals surface area contributed by atoms with Gasteiger partial charge in [0, 0.05) is 30.2 Å². The summed E-state index contributed by atoms with van der Waals surface area (Å²) < 4.78 is 60.2. The SMILES string of the molecule is COc1nccc(Nc2cc(-c3cnc(Cl)c(NS(=O)(=O)c4ccc(F)cc4F)c3C)ccn2)n1. The van der Waals surface area contributed by atoms with Crippen molar-refractivity contribution in [3.8, 4) is 17.1 Å². The first-order chi connectivity index (χ1) is 16.7. The fourth-order valence-corrected chi connectivity index (χ4v) is 4.66. The van der Waals surface area contributed by atoms with Crippen LogP contribution in [0.2, 0.25) is 5.15 Å². The highest BCUT2D eigenvalue weighted by molar-refractivity contribution is 7.92. The number of sulfonamides is 1. The topological polar surface area (TPSA) is 119 Å². The molecule has 9 nitrogen and oxygen atoms in total. The summed E-state index contributed by atoms with van der Waals surface area (Å²) in [5, 5.41) is 2.89. The van der Waals surface area contributed by atoms with Gasteiger partial charge in [0.15, 0.2) is 5.15 Å².